The minimum absolute atomic E-state index is 0.0112. The molecule has 1 fully saturated rings. The Hall–Kier alpha value is -0.580. The molecule has 0 bridgehead atoms. The summed E-state index contributed by atoms with van der Waals surface area (Å²) in [4.78, 5) is 0. The molecule has 21 heavy (non-hydrogen) atoms. The zero-order valence-electron chi connectivity index (χ0n) is 12.8. The first-order valence-electron chi connectivity index (χ1n) is 7.90. The molecule has 0 saturated heterocycles. The predicted molar refractivity (Wildman–Crippen MR) is 87.8 cm³/mol. The third-order valence-electron chi connectivity index (χ3n) is 4.88. The molecule has 1 N–H and O–H groups in total. The molecule has 1 aliphatic heterocycles. The lowest BCUT2D eigenvalue weighted by atomic mass is 9.76. The van der Waals surface area contributed by atoms with Gasteiger partial charge in [-0.25, -0.2) is 0 Å². The molecular weight excluding hydrogens is 330 g/mol. The van der Waals surface area contributed by atoms with Gasteiger partial charge in [-0.1, -0.05) is 22.9 Å². The summed E-state index contributed by atoms with van der Waals surface area (Å²) >= 11 is 3.57. The van der Waals surface area contributed by atoms with Gasteiger partial charge in [0, 0.05) is 29.6 Å². The van der Waals surface area contributed by atoms with Gasteiger partial charge in [0.25, 0.3) is 0 Å². The largest absolute Gasteiger partial charge is 0.487 e. The lowest BCUT2D eigenvalue weighted by Crippen LogP contribution is -2.47. The van der Waals surface area contributed by atoms with Crippen LogP contribution in [0.2, 0.25) is 0 Å². The fourth-order valence-electron chi connectivity index (χ4n) is 3.73. The Morgan fingerprint density at radius 1 is 1.38 bits per heavy atom. The van der Waals surface area contributed by atoms with Gasteiger partial charge in [-0.2, -0.15) is 0 Å². The predicted octanol–water partition coefficient (Wildman–Crippen LogP) is 4.21. The second-order valence-electron chi connectivity index (χ2n) is 6.22. The first-order chi connectivity index (χ1) is 10.2. The van der Waals surface area contributed by atoms with Crippen molar-refractivity contribution < 1.29 is 9.47 Å². The van der Waals surface area contributed by atoms with Crippen LogP contribution in [0.3, 0.4) is 0 Å². The Morgan fingerprint density at radius 3 is 2.81 bits per heavy atom. The van der Waals surface area contributed by atoms with Crippen LogP contribution in [0, 0.1) is 0 Å². The van der Waals surface area contributed by atoms with E-state index in [-0.39, 0.29) is 5.60 Å². The van der Waals surface area contributed by atoms with Crippen molar-refractivity contribution in [1.82, 2.24) is 5.32 Å². The van der Waals surface area contributed by atoms with Crippen LogP contribution in [0.1, 0.15) is 50.6 Å². The molecule has 1 spiro atoms. The number of hydrogen-bond donors (Lipinski definition) is 1. The zero-order chi connectivity index (χ0) is 14.9. The van der Waals surface area contributed by atoms with Gasteiger partial charge in [-0.05, 0) is 50.4 Å². The van der Waals surface area contributed by atoms with Gasteiger partial charge in [0.1, 0.15) is 11.4 Å². The molecule has 0 amide bonds. The molecule has 1 aliphatic carbocycles. The summed E-state index contributed by atoms with van der Waals surface area (Å²) in [7, 11) is 1.82. The van der Waals surface area contributed by atoms with E-state index in [0.29, 0.717) is 12.1 Å². The highest BCUT2D eigenvalue weighted by molar-refractivity contribution is 9.10. The van der Waals surface area contributed by atoms with Crippen molar-refractivity contribution in [3.63, 3.8) is 0 Å². The van der Waals surface area contributed by atoms with Gasteiger partial charge < -0.3 is 14.8 Å². The van der Waals surface area contributed by atoms with Crippen molar-refractivity contribution >= 4 is 15.9 Å². The SMILES string of the molecule is CCNC1CC2(CCC(OC)CC2)Oc2ccc(Br)cc21. The molecule has 0 radical (unpaired) electrons. The molecule has 1 saturated carbocycles. The third kappa shape index (κ3) is 3.13. The summed E-state index contributed by atoms with van der Waals surface area (Å²) in [5.74, 6) is 1.05. The van der Waals surface area contributed by atoms with Crippen LogP contribution < -0.4 is 10.1 Å². The first kappa shape index (κ1) is 15.3. The van der Waals surface area contributed by atoms with E-state index in [4.69, 9.17) is 9.47 Å². The summed E-state index contributed by atoms with van der Waals surface area (Å²) in [6.45, 7) is 3.15. The average Bonchev–Trinajstić information content (AvgIpc) is 2.49. The number of ether oxygens (including phenoxy) is 2. The number of fused-ring (bicyclic) bond motifs is 1. The topological polar surface area (TPSA) is 30.5 Å². The molecule has 3 nitrogen and oxygen atoms in total. The molecule has 116 valence electrons. The van der Waals surface area contributed by atoms with Crippen LogP contribution in [0.4, 0.5) is 0 Å². The van der Waals surface area contributed by atoms with Crippen LogP contribution in [0.5, 0.6) is 5.75 Å². The number of benzene rings is 1. The number of methoxy groups -OCH3 is 1. The van der Waals surface area contributed by atoms with Crippen LogP contribution in [0.25, 0.3) is 0 Å². The Labute approximate surface area is 135 Å². The van der Waals surface area contributed by atoms with Gasteiger partial charge in [0.2, 0.25) is 0 Å². The van der Waals surface area contributed by atoms with E-state index in [1.54, 1.807) is 0 Å². The second kappa shape index (κ2) is 6.27. The van der Waals surface area contributed by atoms with Gasteiger partial charge >= 0.3 is 0 Å². The first-order valence-corrected chi connectivity index (χ1v) is 8.70. The molecule has 1 heterocycles. The quantitative estimate of drug-likeness (QED) is 0.882. The molecule has 1 atom stereocenters. The molecule has 1 unspecified atom stereocenters. The van der Waals surface area contributed by atoms with Gasteiger partial charge in [0.15, 0.2) is 0 Å². The molecule has 3 rings (SSSR count). The number of rotatable bonds is 3. The molecule has 4 heteroatoms. The summed E-state index contributed by atoms with van der Waals surface area (Å²) < 4.78 is 13.1. The van der Waals surface area contributed by atoms with E-state index < -0.39 is 0 Å². The maximum Gasteiger partial charge on any atom is 0.125 e. The number of halogens is 1. The lowest BCUT2D eigenvalue weighted by molar-refractivity contribution is -0.0453. The van der Waals surface area contributed by atoms with Crippen LogP contribution in [-0.4, -0.2) is 25.4 Å². The van der Waals surface area contributed by atoms with Crippen molar-refractivity contribution in [3.05, 3.63) is 28.2 Å². The summed E-state index contributed by atoms with van der Waals surface area (Å²) in [5.41, 5.74) is 1.27. The molecule has 1 aromatic rings. The standard InChI is InChI=1S/C17H24BrNO2/c1-3-19-15-11-17(8-6-13(20-2)7-9-17)21-16-5-4-12(18)10-14(15)16/h4-5,10,13,15,19H,3,6-9,11H2,1-2H3. The maximum absolute atomic E-state index is 6.47. The maximum atomic E-state index is 6.47. The van der Waals surface area contributed by atoms with Gasteiger partial charge in [-0.15, -0.1) is 0 Å². The minimum Gasteiger partial charge on any atom is -0.487 e. The van der Waals surface area contributed by atoms with Crippen LogP contribution >= 0.6 is 15.9 Å². The van der Waals surface area contributed by atoms with Crippen molar-refractivity contribution in [3.8, 4) is 5.75 Å². The minimum atomic E-state index is -0.0112. The Kier molecular flexibility index (Phi) is 4.57. The highest BCUT2D eigenvalue weighted by atomic mass is 79.9. The van der Waals surface area contributed by atoms with Crippen LogP contribution in [0.15, 0.2) is 22.7 Å². The van der Waals surface area contributed by atoms with E-state index in [0.717, 1.165) is 48.9 Å². The summed E-state index contributed by atoms with van der Waals surface area (Å²) in [6.07, 6.45) is 5.83. The fourth-order valence-corrected chi connectivity index (χ4v) is 4.11. The van der Waals surface area contributed by atoms with E-state index in [9.17, 15) is 0 Å². The van der Waals surface area contributed by atoms with E-state index >= 15 is 0 Å². The average molecular weight is 354 g/mol. The molecule has 0 aromatic heterocycles. The lowest BCUT2D eigenvalue weighted by Gasteiger charge is -2.46. The van der Waals surface area contributed by atoms with Crippen LogP contribution in [-0.2, 0) is 4.74 Å². The Bertz CT molecular complexity index is 498. The molecular formula is C17H24BrNO2. The Morgan fingerprint density at radius 2 is 2.14 bits per heavy atom. The smallest absolute Gasteiger partial charge is 0.125 e. The van der Waals surface area contributed by atoms with Crippen molar-refractivity contribution in [2.45, 2.75) is 56.8 Å². The third-order valence-corrected chi connectivity index (χ3v) is 5.37. The van der Waals surface area contributed by atoms with Gasteiger partial charge in [0.05, 0.1) is 6.10 Å². The van der Waals surface area contributed by atoms with Gasteiger partial charge in [-0.3, -0.25) is 0 Å². The Balaban J connectivity index is 1.85. The highest BCUT2D eigenvalue weighted by Gasteiger charge is 2.43. The highest BCUT2D eigenvalue weighted by Crippen LogP contribution is 2.47. The van der Waals surface area contributed by atoms with E-state index in [1.807, 2.05) is 7.11 Å². The normalized spacial score (nSPS) is 31.8. The van der Waals surface area contributed by atoms with E-state index in [2.05, 4.69) is 46.4 Å². The van der Waals surface area contributed by atoms with Crippen molar-refractivity contribution in [2.75, 3.05) is 13.7 Å². The number of nitrogens with one attached hydrogen (secondary N) is 1. The number of hydrogen-bond acceptors (Lipinski definition) is 3. The fraction of sp³-hybridized carbons (Fsp3) is 0.647. The monoisotopic (exact) mass is 353 g/mol. The zero-order valence-corrected chi connectivity index (χ0v) is 14.4. The summed E-state index contributed by atoms with van der Waals surface area (Å²) in [5, 5.41) is 3.63. The second-order valence-corrected chi connectivity index (χ2v) is 7.13. The van der Waals surface area contributed by atoms with E-state index in [1.165, 1.54) is 5.56 Å². The molecule has 2 aliphatic rings. The van der Waals surface area contributed by atoms with Crippen molar-refractivity contribution in [2.24, 2.45) is 0 Å². The summed E-state index contributed by atoms with van der Waals surface area (Å²) in [6, 6.07) is 6.75. The molecule has 1 aromatic carbocycles. The van der Waals surface area contributed by atoms with Crippen molar-refractivity contribution in [1.29, 1.82) is 0 Å².